The largest absolute Gasteiger partial charge is 0.454 e. The molecule has 0 saturated heterocycles. The normalized spacial score (nSPS) is 17.4. The fourth-order valence-electron chi connectivity index (χ4n) is 3.32. The van der Waals surface area contributed by atoms with Crippen molar-refractivity contribution in [2.45, 2.75) is 26.4 Å². The number of benzene rings is 2. The van der Waals surface area contributed by atoms with E-state index in [4.69, 9.17) is 21.1 Å². The molecule has 0 radical (unpaired) electrons. The monoisotopic (exact) mass is 372 g/mol. The van der Waals surface area contributed by atoms with Gasteiger partial charge >= 0.3 is 0 Å². The van der Waals surface area contributed by atoms with Crippen LogP contribution in [0.5, 0.6) is 11.5 Å². The van der Waals surface area contributed by atoms with Crippen LogP contribution in [0.25, 0.3) is 0 Å². The molecule has 134 valence electrons. The molecule has 2 aromatic carbocycles. The predicted molar refractivity (Wildman–Crippen MR) is 96.5 cm³/mol. The van der Waals surface area contributed by atoms with Gasteiger partial charge in [-0.15, -0.1) is 0 Å². The minimum absolute atomic E-state index is 0.157. The van der Waals surface area contributed by atoms with Crippen LogP contribution in [0.15, 0.2) is 30.3 Å². The molecular weight excluding hydrogens is 356 g/mol. The van der Waals surface area contributed by atoms with Gasteiger partial charge in [0.1, 0.15) is 6.04 Å². The Kier molecular flexibility index (Phi) is 4.00. The molecule has 0 aromatic heterocycles. The third kappa shape index (κ3) is 2.76. The molecule has 0 aliphatic carbocycles. The Hall–Kier alpha value is -2.73. The van der Waals surface area contributed by atoms with Gasteiger partial charge < -0.3 is 19.7 Å². The number of nitrogens with one attached hydrogen (secondary N) is 1. The van der Waals surface area contributed by atoms with E-state index in [1.54, 1.807) is 17.0 Å². The van der Waals surface area contributed by atoms with Crippen molar-refractivity contribution in [3.63, 3.8) is 0 Å². The van der Waals surface area contributed by atoms with Crippen molar-refractivity contribution in [1.82, 2.24) is 5.32 Å². The third-order valence-electron chi connectivity index (χ3n) is 4.52. The maximum Gasteiger partial charge on any atom is 0.254 e. The number of aryl methyl sites for hydroxylation is 1. The topological polar surface area (TPSA) is 67.9 Å². The molecule has 1 N–H and O–H groups in total. The average molecular weight is 373 g/mol. The highest BCUT2D eigenvalue weighted by Crippen LogP contribution is 2.41. The number of amides is 2. The lowest BCUT2D eigenvalue weighted by molar-refractivity contribution is -0.126. The van der Waals surface area contributed by atoms with Crippen LogP contribution >= 0.6 is 11.6 Å². The second-order valence-electron chi connectivity index (χ2n) is 6.42. The van der Waals surface area contributed by atoms with Crippen molar-refractivity contribution in [2.24, 2.45) is 0 Å². The number of halogens is 1. The van der Waals surface area contributed by atoms with E-state index < -0.39 is 6.04 Å². The van der Waals surface area contributed by atoms with Gasteiger partial charge in [0.05, 0.1) is 6.54 Å². The lowest BCUT2D eigenvalue weighted by Crippen LogP contribution is -2.36. The lowest BCUT2D eigenvalue weighted by Gasteiger charge is -2.19. The summed E-state index contributed by atoms with van der Waals surface area (Å²) in [6, 6.07) is 8.56. The van der Waals surface area contributed by atoms with Gasteiger partial charge in [0.15, 0.2) is 11.5 Å². The molecule has 6 nitrogen and oxygen atoms in total. The predicted octanol–water partition coefficient (Wildman–Crippen LogP) is 3.10. The van der Waals surface area contributed by atoms with E-state index in [9.17, 15) is 9.59 Å². The van der Waals surface area contributed by atoms with Crippen molar-refractivity contribution in [1.29, 1.82) is 0 Å². The first-order valence-electron chi connectivity index (χ1n) is 8.21. The maximum atomic E-state index is 13.0. The van der Waals surface area contributed by atoms with Gasteiger partial charge in [-0.25, -0.2) is 0 Å². The number of anilines is 1. The number of nitrogens with zero attached hydrogens (tertiary/aromatic N) is 1. The molecule has 0 unspecified atom stereocenters. The van der Waals surface area contributed by atoms with Crippen LogP contribution in [0.1, 0.15) is 29.7 Å². The molecule has 0 fully saturated rings. The minimum Gasteiger partial charge on any atom is -0.454 e. The van der Waals surface area contributed by atoms with Crippen LogP contribution in [0.3, 0.4) is 0 Å². The van der Waals surface area contributed by atoms with Crippen LogP contribution in [-0.2, 0) is 16.1 Å². The summed E-state index contributed by atoms with van der Waals surface area (Å²) in [6.45, 7) is 3.79. The highest BCUT2D eigenvalue weighted by Gasteiger charge is 2.38. The van der Waals surface area contributed by atoms with Gasteiger partial charge in [-0.1, -0.05) is 29.3 Å². The standard InChI is InChI=1S/C19H17ClN2O4/c1-10-3-4-15-13(5-10)18(21-11(2)23)19(24)22(15)8-12-6-16-17(7-14(12)20)26-9-25-16/h3-7,18H,8-9H2,1-2H3,(H,21,23)/t18-/m1/s1. The van der Waals surface area contributed by atoms with E-state index in [2.05, 4.69) is 5.32 Å². The maximum absolute atomic E-state index is 13.0. The summed E-state index contributed by atoms with van der Waals surface area (Å²) in [6.07, 6.45) is 0. The van der Waals surface area contributed by atoms with Crippen LogP contribution in [-0.4, -0.2) is 18.6 Å². The van der Waals surface area contributed by atoms with Crippen molar-refractivity contribution in [3.05, 3.63) is 52.0 Å². The zero-order valence-electron chi connectivity index (χ0n) is 14.3. The summed E-state index contributed by atoms with van der Waals surface area (Å²) in [5, 5.41) is 3.24. The van der Waals surface area contributed by atoms with E-state index >= 15 is 0 Å². The zero-order chi connectivity index (χ0) is 18.4. The fraction of sp³-hybridized carbons (Fsp3) is 0.263. The average Bonchev–Trinajstić information content (AvgIpc) is 3.12. The molecule has 0 spiro atoms. The summed E-state index contributed by atoms with van der Waals surface area (Å²) in [4.78, 5) is 26.2. The first kappa shape index (κ1) is 16.7. The molecule has 2 aromatic rings. The number of carbonyl (C=O) groups excluding carboxylic acids is 2. The van der Waals surface area contributed by atoms with E-state index in [0.29, 0.717) is 16.5 Å². The fourth-order valence-corrected chi connectivity index (χ4v) is 3.53. The summed E-state index contributed by atoms with van der Waals surface area (Å²) < 4.78 is 10.7. The van der Waals surface area contributed by atoms with Crippen LogP contribution < -0.4 is 19.7 Å². The molecular formula is C19H17ClN2O4. The number of carbonyl (C=O) groups is 2. The van der Waals surface area contributed by atoms with Gasteiger partial charge in [0.2, 0.25) is 12.7 Å². The molecule has 1 atom stereocenters. The van der Waals surface area contributed by atoms with Crippen LogP contribution in [0, 0.1) is 6.92 Å². The van der Waals surface area contributed by atoms with Crippen LogP contribution in [0.2, 0.25) is 5.02 Å². The highest BCUT2D eigenvalue weighted by atomic mass is 35.5. The lowest BCUT2D eigenvalue weighted by atomic mass is 10.1. The molecule has 0 saturated carbocycles. The molecule has 2 heterocycles. The van der Waals surface area contributed by atoms with E-state index in [1.807, 2.05) is 25.1 Å². The van der Waals surface area contributed by atoms with Gasteiger partial charge in [0, 0.05) is 29.3 Å². The quantitative estimate of drug-likeness (QED) is 0.899. The molecule has 0 bridgehead atoms. The Bertz CT molecular complexity index is 928. The Labute approximate surface area is 155 Å². The number of hydrogen-bond donors (Lipinski definition) is 1. The van der Waals surface area contributed by atoms with Gasteiger partial charge in [-0.3, -0.25) is 9.59 Å². The second-order valence-corrected chi connectivity index (χ2v) is 6.82. The Morgan fingerprint density at radius 2 is 2.00 bits per heavy atom. The molecule has 26 heavy (non-hydrogen) atoms. The van der Waals surface area contributed by atoms with Crippen LogP contribution in [0.4, 0.5) is 5.69 Å². The molecule has 4 rings (SSSR count). The van der Waals surface area contributed by atoms with Crippen molar-refractivity contribution >= 4 is 29.1 Å². The Morgan fingerprint density at radius 3 is 2.73 bits per heavy atom. The smallest absolute Gasteiger partial charge is 0.254 e. The third-order valence-corrected chi connectivity index (χ3v) is 4.87. The van der Waals surface area contributed by atoms with Crippen molar-refractivity contribution in [2.75, 3.05) is 11.7 Å². The van der Waals surface area contributed by atoms with Gasteiger partial charge in [0.25, 0.3) is 5.91 Å². The number of hydrogen-bond acceptors (Lipinski definition) is 4. The van der Waals surface area contributed by atoms with Crippen molar-refractivity contribution in [3.8, 4) is 11.5 Å². The molecule has 2 aliphatic rings. The van der Waals surface area contributed by atoms with Gasteiger partial charge in [-0.05, 0) is 24.6 Å². The van der Waals surface area contributed by atoms with E-state index in [1.165, 1.54) is 6.92 Å². The zero-order valence-corrected chi connectivity index (χ0v) is 15.1. The summed E-state index contributed by atoms with van der Waals surface area (Å²) in [5.74, 6) is 0.769. The van der Waals surface area contributed by atoms with Crippen molar-refractivity contribution < 1.29 is 19.1 Å². The summed E-state index contributed by atoms with van der Waals surface area (Å²) >= 11 is 6.36. The van der Waals surface area contributed by atoms with E-state index in [-0.39, 0.29) is 25.2 Å². The molecule has 7 heteroatoms. The highest BCUT2D eigenvalue weighted by molar-refractivity contribution is 6.31. The minimum atomic E-state index is -0.685. The second kappa shape index (κ2) is 6.21. The Balaban J connectivity index is 1.71. The number of ether oxygens (including phenoxy) is 2. The molecule has 2 amide bonds. The summed E-state index contributed by atoms with van der Waals surface area (Å²) in [5.41, 5.74) is 3.34. The van der Waals surface area contributed by atoms with Gasteiger partial charge in [-0.2, -0.15) is 0 Å². The first-order valence-corrected chi connectivity index (χ1v) is 8.59. The first-order chi connectivity index (χ1) is 12.4. The SMILES string of the molecule is CC(=O)N[C@H]1C(=O)N(Cc2cc3c(cc2Cl)OCO3)c2ccc(C)cc21. The molecule has 2 aliphatic heterocycles. The summed E-state index contributed by atoms with van der Waals surface area (Å²) in [7, 11) is 0. The number of rotatable bonds is 3. The number of fused-ring (bicyclic) bond motifs is 2. The van der Waals surface area contributed by atoms with E-state index in [0.717, 1.165) is 22.4 Å². The Morgan fingerprint density at radius 1 is 1.27 bits per heavy atom.